The monoisotopic (exact) mass is 592 g/mol. The van der Waals surface area contributed by atoms with E-state index in [1.165, 1.54) is 6.07 Å². The summed E-state index contributed by atoms with van der Waals surface area (Å²) in [7, 11) is 0. The quantitative estimate of drug-likeness (QED) is 0.123. The van der Waals surface area contributed by atoms with Crippen molar-refractivity contribution in [1.29, 1.82) is 0 Å². The Morgan fingerprint density at radius 2 is 1.60 bits per heavy atom. The van der Waals surface area contributed by atoms with Gasteiger partial charge in [0.15, 0.2) is 22.5 Å². The molecular weight excluding hydrogens is 564 g/mol. The van der Waals surface area contributed by atoms with E-state index in [0.29, 0.717) is 0 Å². The topological polar surface area (TPSA) is 265 Å². The first-order chi connectivity index (χ1) is 19.6. The van der Waals surface area contributed by atoms with E-state index in [-0.39, 0.29) is 11.3 Å². The third kappa shape index (κ3) is 6.09. The maximum absolute atomic E-state index is 13.0. The highest BCUT2D eigenvalue weighted by Gasteiger charge is 2.47. The van der Waals surface area contributed by atoms with Crippen molar-refractivity contribution in [3.05, 3.63) is 46.1 Å². The molecule has 1 aliphatic heterocycles. The van der Waals surface area contributed by atoms with Crippen molar-refractivity contribution in [2.75, 3.05) is 6.61 Å². The van der Waals surface area contributed by atoms with E-state index in [0.717, 1.165) is 31.2 Å². The highest BCUT2D eigenvalue weighted by atomic mass is 16.6. The van der Waals surface area contributed by atoms with Gasteiger partial charge in [-0.25, -0.2) is 0 Å². The van der Waals surface area contributed by atoms with Crippen LogP contribution in [0, 0.1) is 0 Å². The molecule has 0 radical (unpaired) electrons. The highest BCUT2D eigenvalue weighted by Crippen LogP contribution is 2.44. The molecular formula is C27H28O15. The van der Waals surface area contributed by atoms with Crippen LogP contribution in [0.1, 0.15) is 31.4 Å². The van der Waals surface area contributed by atoms with Crippen LogP contribution in [0.2, 0.25) is 0 Å². The second-order valence-corrected chi connectivity index (χ2v) is 10.2. The molecule has 6 atom stereocenters. The second-order valence-electron chi connectivity index (χ2n) is 10.2. The molecule has 1 saturated heterocycles. The molecule has 15 nitrogen and oxygen atoms in total. The zero-order valence-corrected chi connectivity index (χ0v) is 21.9. The SMILES string of the molecule is CC(O)(CC(=O)O)CC(=O)OC[C@H]1O[C@@H](c2c(O)cc(O)c3c(=O)cc(-c4ccc(O)c(O)c4)oc23)[C@H](O)[C@@H](O)[C@@H]1O. The molecule has 3 aromatic rings. The first-order valence-corrected chi connectivity index (χ1v) is 12.4. The number of fused-ring (bicyclic) bond motifs is 1. The summed E-state index contributed by atoms with van der Waals surface area (Å²) in [5, 5.41) is 90.9. The molecule has 1 unspecified atom stereocenters. The van der Waals surface area contributed by atoms with Crippen molar-refractivity contribution in [3.8, 4) is 34.3 Å². The first kappa shape index (κ1) is 30.5. The van der Waals surface area contributed by atoms with E-state index in [2.05, 4.69) is 0 Å². The molecule has 2 heterocycles. The normalized spacial score (nSPS) is 23.8. The van der Waals surface area contributed by atoms with Crippen molar-refractivity contribution in [2.24, 2.45) is 0 Å². The van der Waals surface area contributed by atoms with Gasteiger partial charge in [0.25, 0.3) is 0 Å². The summed E-state index contributed by atoms with van der Waals surface area (Å²) in [6.45, 7) is 0.354. The Kier molecular flexibility index (Phi) is 8.34. The number of esters is 1. The molecule has 226 valence electrons. The van der Waals surface area contributed by atoms with Crippen LogP contribution in [0.4, 0.5) is 0 Å². The van der Waals surface area contributed by atoms with Crippen LogP contribution in [0.3, 0.4) is 0 Å². The van der Waals surface area contributed by atoms with Crippen LogP contribution in [0.25, 0.3) is 22.3 Å². The van der Waals surface area contributed by atoms with Gasteiger partial charge in [0, 0.05) is 17.7 Å². The van der Waals surface area contributed by atoms with Crippen LogP contribution in [0.5, 0.6) is 23.0 Å². The largest absolute Gasteiger partial charge is 0.507 e. The van der Waals surface area contributed by atoms with Crippen LogP contribution in [-0.4, -0.2) is 94.5 Å². The van der Waals surface area contributed by atoms with E-state index in [9.17, 15) is 55.2 Å². The van der Waals surface area contributed by atoms with Crippen LogP contribution in [-0.2, 0) is 19.1 Å². The number of carboxylic acids is 1. The van der Waals surface area contributed by atoms with E-state index in [1.807, 2.05) is 0 Å². The predicted molar refractivity (Wildman–Crippen MR) is 139 cm³/mol. The van der Waals surface area contributed by atoms with Crippen molar-refractivity contribution in [1.82, 2.24) is 0 Å². The fourth-order valence-corrected chi connectivity index (χ4v) is 4.67. The molecule has 0 saturated carbocycles. The minimum absolute atomic E-state index is 0.0993. The number of ether oxygens (including phenoxy) is 2. The zero-order chi connectivity index (χ0) is 31.1. The Hall–Kier alpha value is -4.41. The molecule has 0 amide bonds. The number of carbonyl (C=O) groups is 2. The number of hydrogen-bond acceptors (Lipinski definition) is 14. The Bertz CT molecular complexity index is 1580. The summed E-state index contributed by atoms with van der Waals surface area (Å²) in [5.74, 6) is -5.08. The molecule has 0 bridgehead atoms. The number of aromatic hydroxyl groups is 4. The Morgan fingerprint density at radius 3 is 2.24 bits per heavy atom. The number of hydrogen-bond donors (Lipinski definition) is 9. The lowest BCUT2D eigenvalue weighted by Gasteiger charge is -2.40. The van der Waals surface area contributed by atoms with Gasteiger partial charge in [0.1, 0.15) is 59.8 Å². The number of rotatable bonds is 8. The van der Waals surface area contributed by atoms with Crippen LogP contribution < -0.4 is 5.43 Å². The van der Waals surface area contributed by atoms with Crippen molar-refractivity contribution < 1.29 is 69.4 Å². The minimum Gasteiger partial charge on any atom is -0.507 e. The molecule has 1 aliphatic rings. The maximum Gasteiger partial charge on any atom is 0.308 e. The summed E-state index contributed by atoms with van der Waals surface area (Å²) < 4.78 is 16.5. The summed E-state index contributed by atoms with van der Waals surface area (Å²) in [4.78, 5) is 36.1. The van der Waals surface area contributed by atoms with Gasteiger partial charge in [-0.1, -0.05) is 0 Å². The zero-order valence-electron chi connectivity index (χ0n) is 21.9. The lowest BCUT2D eigenvalue weighted by Crippen LogP contribution is -2.55. The predicted octanol–water partition coefficient (Wildman–Crippen LogP) is -0.0360. The second kappa shape index (κ2) is 11.5. The smallest absolute Gasteiger partial charge is 0.308 e. The summed E-state index contributed by atoms with van der Waals surface area (Å²) in [6.07, 6.45) is -10.5. The van der Waals surface area contributed by atoms with Gasteiger partial charge >= 0.3 is 11.9 Å². The molecule has 0 spiro atoms. The molecule has 0 aliphatic carbocycles. The Balaban J connectivity index is 1.71. The maximum atomic E-state index is 13.0. The molecule has 9 N–H and O–H groups in total. The lowest BCUT2D eigenvalue weighted by atomic mass is 9.89. The average molecular weight is 593 g/mol. The van der Waals surface area contributed by atoms with Gasteiger partial charge in [-0.15, -0.1) is 0 Å². The van der Waals surface area contributed by atoms with Gasteiger partial charge in [-0.2, -0.15) is 0 Å². The number of aliphatic carboxylic acids is 1. The third-order valence-electron chi connectivity index (χ3n) is 6.72. The number of aliphatic hydroxyl groups is 4. The van der Waals surface area contributed by atoms with E-state index in [1.54, 1.807) is 0 Å². The van der Waals surface area contributed by atoms with Crippen LogP contribution in [0.15, 0.2) is 39.5 Å². The van der Waals surface area contributed by atoms with Crippen LogP contribution >= 0.6 is 0 Å². The van der Waals surface area contributed by atoms with Gasteiger partial charge in [0.2, 0.25) is 0 Å². The number of phenolic OH excluding ortho intramolecular Hbond substituents is 4. The number of carbonyl (C=O) groups excluding carboxylic acids is 1. The number of carboxylic acid groups (broad SMARTS) is 1. The average Bonchev–Trinajstić information content (AvgIpc) is 2.87. The molecule has 4 rings (SSSR count). The summed E-state index contributed by atoms with van der Waals surface area (Å²) in [6, 6.07) is 5.23. The lowest BCUT2D eigenvalue weighted by molar-refractivity contribution is -0.235. The fraction of sp³-hybridized carbons (Fsp3) is 0.370. The summed E-state index contributed by atoms with van der Waals surface area (Å²) >= 11 is 0. The molecule has 42 heavy (non-hydrogen) atoms. The molecule has 15 heteroatoms. The van der Waals surface area contributed by atoms with Gasteiger partial charge < -0.3 is 59.8 Å². The van der Waals surface area contributed by atoms with Gasteiger partial charge in [-0.3, -0.25) is 14.4 Å². The van der Waals surface area contributed by atoms with E-state index < -0.39 is 112 Å². The number of benzene rings is 2. The Morgan fingerprint density at radius 1 is 0.905 bits per heavy atom. The van der Waals surface area contributed by atoms with Crippen molar-refractivity contribution in [2.45, 2.75) is 55.9 Å². The van der Waals surface area contributed by atoms with Crippen molar-refractivity contribution in [3.63, 3.8) is 0 Å². The number of aliphatic hydroxyl groups excluding tert-OH is 3. The van der Waals surface area contributed by atoms with Gasteiger partial charge in [-0.05, 0) is 25.1 Å². The van der Waals surface area contributed by atoms with Crippen molar-refractivity contribution >= 4 is 22.9 Å². The standard InChI is InChI=1S/C27H28O15/c1-27(39,7-18(33)34)8-19(35)40-9-17-22(36)23(37)24(38)26(42-17)21-14(31)5-13(30)20-15(32)6-16(41-25(20)21)10-2-3-11(28)12(29)4-10/h2-6,17,22-24,26,28-31,36-39H,7-9H2,1H3,(H,33,34)/t17-,22-,23+,24-,26+,27?/m1/s1. The highest BCUT2D eigenvalue weighted by molar-refractivity contribution is 5.89. The summed E-state index contributed by atoms with van der Waals surface area (Å²) in [5.41, 5.74) is -3.59. The van der Waals surface area contributed by atoms with E-state index >= 15 is 0 Å². The number of phenols is 4. The first-order valence-electron chi connectivity index (χ1n) is 12.4. The van der Waals surface area contributed by atoms with Gasteiger partial charge in [0.05, 0.1) is 24.0 Å². The van der Waals surface area contributed by atoms with E-state index in [4.69, 9.17) is 19.0 Å². The molecule has 1 aromatic heterocycles. The minimum atomic E-state index is -1.95. The Labute approximate surface area is 235 Å². The molecule has 1 fully saturated rings. The fourth-order valence-electron chi connectivity index (χ4n) is 4.67. The third-order valence-corrected chi connectivity index (χ3v) is 6.72. The molecule has 2 aromatic carbocycles.